The van der Waals surface area contributed by atoms with Gasteiger partial charge in [-0.3, -0.25) is 0 Å². The molecule has 1 aromatic carbocycles. The molecule has 0 spiro atoms. The summed E-state index contributed by atoms with van der Waals surface area (Å²) in [5, 5.41) is 0. The van der Waals surface area contributed by atoms with Crippen LogP contribution in [0, 0.1) is 5.41 Å². The van der Waals surface area contributed by atoms with Crippen molar-refractivity contribution in [1.29, 1.82) is 0 Å². The molecule has 0 aliphatic carbocycles. The summed E-state index contributed by atoms with van der Waals surface area (Å²) in [6.45, 7) is 13.6. The van der Waals surface area contributed by atoms with Gasteiger partial charge in [0.15, 0.2) is 6.79 Å². The Labute approximate surface area is 110 Å². The first-order chi connectivity index (χ1) is 8.19. The standard InChI is InChI=1S/C16H24O2/c1-15(2,3)11-7-8-13-12(9-11)14(16(4,5)6)18-10-17-13/h7-9,14H,10H2,1-6H3. The molecule has 0 aromatic heterocycles. The third-order valence-electron chi connectivity index (χ3n) is 3.39. The van der Waals surface area contributed by atoms with Gasteiger partial charge < -0.3 is 9.47 Å². The molecule has 0 radical (unpaired) electrons. The highest BCUT2D eigenvalue weighted by Gasteiger charge is 2.33. The molecule has 1 aromatic rings. The fourth-order valence-electron chi connectivity index (χ4n) is 2.32. The SMILES string of the molecule is CC(C)(C)c1ccc2c(c1)C(C(C)(C)C)OCO2. The van der Waals surface area contributed by atoms with Gasteiger partial charge in [-0.05, 0) is 28.5 Å². The Hall–Kier alpha value is -1.02. The van der Waals surface area contributed by atoms with E-state index in [1.165, 1.54) is 11.1 Å². The van der Waals surface area contributed by atoms with E-state index >= 15 is 0 Å². The summed E-state index contributed by atoms with van der Waals surface area (Å²) in [5.41, 5.74) is 2.73. The summed E-state index contributed by atoms with van der Waals surface area (Å²) in [4.78, 5) is 0. The quantitative estimate of drug-likeness (QED) is 0.676. The highest BCUT2D eigenvalue weighted by atomic mass is 16.7. The van der Waals surface area contributed by atoms with E-state index in [0.29, 0.717) is 6.79 Å². The van der Waals surface area contributed by atoms with Crippen molar-refractivity contribution in [2.45, 2.75) is 53.1 Å². The minimum atomic E-state index is 0.0784. The zero-order valence-electron chi connectivity index (χ0n) is 12.3. The molecular formula is C16H24O2. The summed E-state index contributed by atoms with van der Waals surface area (Å²) < 4.78 is 11.4. The van der Waals surface area contributed by atoms with Crippen LogP contribution in [0.4, 0.5) is 0 Å². The van der Waals surface area contributed by atoms with Crippen molar-refractivity contribution in [3.63, 3.8) is 0 Å². The summed E-state index contributed by atoms with van der Waals surface area (Å²) in [6.07, 6.45) is 0.101. The molecule has 0 bridgehead atoms. The molecule has 1 atom stereocenters. The van der Waals surface area contributed by atoms with Crippen molar-refractivity contribution in [2.24, 2.45) is 5.41 Å². The van der Waals surface area contributed by atoms with E-state index in [4.69, 9.17) is 9.47 Å². The van der Waals surface area contributed by atoms with E-state index < -0.39 is 0 Å². The molecule has 0 N–H and O–H groups in total. The van der Waals surface area contributed by atoms with Crippen LogP contribution >= 0.6 is 0 Å². The molecule has 2 heteroatoms. The van der Waals surface area contributed by atoms with E-state index in [2.05, 4.69) is 59.7 Å². The largest absolute Gasteiger partial charge is 0.467 e. The van der Waals surface area contributed by atoms with Crippen molar-refractivity contribution in [3.8, 4) is 5.75 Å². The van der Waals surface area contributed by atoms with Crippen molar-refractivity contribution in [3.05, 3.63) is 29.3 Å². The number of ether oxygens (including phenoxy) is 2. The molecular weight excluding hydrogens is 224 g/mol. The first-order valence-electron chi connectivity index (χ1n) is 6.58. The maximum Gasteiger partial charge on any atom is 0.189 e. The summed E-state index contributed by atoms with van der Waals surface area (Å²) in [7, 11) is 0. The Morgan fingerprint density at radius 1 is 1.06 bits per heavy atom. The number of benzene rings is 1. The van der Waals surface area contributed by atoms with Gasteiger partial charge in [0.2, 0.25) is 0 Å². The Kier molecular flexibility index (Phi) is 3.18. The van der Waals surface area contributed by atoms with Crippen LogP contribution in [0.1, 0.15) is 58.8 Å². The van der Waals surface area contributed by atoms with Crippen LogP contribution in [0.15, 0.2) is 18.2 Å². The van der Waals surface area contributed by atoms with E-state index in [1.807, 2.05) is 0 Å². The molecule has 1 unspecified atom stereocenters. The van der Waals surface area contributed by atoms with Crippen molar-refractivity contribution in [2.75, 3.05) is 6.79 Å². The zero-order valence-corrected chi connectivity index (χ0v) is 12.3. The summed E-state index contributed by atoms with van der Waals surface area (Å²) in [5.74, 6) is 0.967. The number of hydrogen-bond acceptors (Lipinski definition) is 2. The van der Waals surface area contributed by atoms with E-state index in [1.54, 1.807) is 0 Å². The molecule has 0 amide bonds. The summed E-state index contributed by atoms with van der Waals surface area (Å²) >= 11 is 0. The average Bonchev–Trinajstić information content (AvgIpc) is 2.25. The number of rotatable bonds is 0. The Morgan fingerprint density at radius 2 is 1.72 bits per heavy atom. The third kappa shape index (κ3) is 2.54. The minimum Gasteiger partial charge on any atom is -0.467 e. The maximum atomic E-state index is 5.81. The van der Waals surface area contributed by atoms with Crippen molar-refractivity contribution in [1.82, 2.24) is 0 Å². The maximum absolute atomic E-state index is 5.81. The lowest BCUT2D eigenvalue weighted by Gasteiger charge is -2.36. The van der Waals surface area contributed by atoms with Crippen LogP contribution in [0.2, 0.25) is 0 Å². The molecule has 1 aliphatic rings. The van der Waals surface area contributed by atoms with Gasteiger partial charge in [0.25, 0.3) is 0 Å². The van der Waals surface area contributed by atoms with E-state index in [0.717, 1.165) is 5.75 Å². The Balaban J connectivity index is 2.48. The first kappa shape index (κ1) is 13.4. The second-order valence-corrected chi connectivity index (χ2v) is 7.18. The molecule has 0 fully saturated rings. The highest BCUT2D eigenvalue weighted by Crippen LogP contribution is 2.44. The van der Waals surface area contributed by atoms with Crippen molar-refractivity contribution >= 4 is 0 Å². The topological polar surface area (TPSA) is 18.5 Å². The van der Waals surface area contributed by atoms with Crippen LogP contribution < -0.4 is 4.74 Å². The Bertz CT molecular complexity index is 435. The first-order valence-corrected chi connectivity index (χ1v) is 6.58. The van der Waals surface area contributed by atoms with Crippen LogP contribution in [0.5, 0.6) is 5.75 Å². The van der Waals surface area contributed by atoms with Crippen LogP contribution in [-0.4, -0.2) is 6.79 Å². The van der Waals surface area contributed by atoms with Gasteiger partial charge in [-0.1, -0.05) is 47.6 Å². The van der Waals surface area contributed by atoms with Gasteiger partial charge in [-0.25, -0.2) is 0 Å². The zero-order chi connectivity index (χ0) is 13.6. The molecule has 18 heavy (non-hydrogen) atoms. The van der Waals surface area contributed by atoms with Crippen LogP contribution in [-0.2, 0) is 10.2 Å². The number of hydrogen-bond donors (Lipinski definition) is 0. The molecule has 100 valence electrons. The van der Waals surface area contributed by atoms with E-state index in [-0.39, 0.29) is 16.9 Å². The second-order valence-electron chi connectivity index (χ2n) is 7.18. The normalized spacial score (nSPS) is 20.2. The van der Waals surface area contributed by atoms with Crippen LogP contribution in [0.25, 0.3) is 0 Å². The monoisotopic (exact) mass is 248 g/mol. The molecule has 0 saturated carbocycles. The fourth-order valence-corrected chi connectivity index (χ4v) is 2.32. The van der Waals surface area contributed by atoms with Gasteiger partial charge in [0.1, 0.15) is 5.75 Å². The molecule has 1 aliphatic heterocycles. The van der Waals surface area contributed by atoms with Gasteiger partial charge >= 0.3 is 0 Å². The lowest BCUT2D eigenvalue weighted by Crippen LogP contribution is -2.28. The smallest absolute Gasteiger partial charge is 0.189 e. The lowest BCUT2D eigenvalue weighted by molar-refractivity contribution is -0.103. The highest BCUT2D eigenvalue weighted by molar-refractivity contribution is 5.42. The summed E-state index contributed by atoms with van der Waals surface area (Å²) in [6, 6.07) is 6.48. The third-order valence-corrected chi connectivity index (χ3v) is 3.39. The van der Waals surface area contributed by atoms with Crippen molar-refractivity contribution < 1.29 is 9.47 Å². The van der Waals surface area contributed by atoms with Gasteiger partial charge in [0, 0.05) is 5.56 Å². The molecule has 1 heterocycles. The fraction of sp³-hybridized carbons (Fsp3) is 0.625. The molecule has 0 saturated heterocycles. The molecule has 2 rings (SSSR count). The number of fused-ring (bicyclic) bond motifs is 1. The molecule has 2 nitrogen and oxygen atoms in total. The minimum absolute atomic E-state index is 0.0784. The predicted molar refractivity (Wildman–Crippen MR) is 73.9 cm³/mol. The van der Waals surface area contributed by atoms with Gasteiger partial charge in [-0.15, -0.1) is 0 Å². The van der Waals surface area contributed by atoms with Gasteiger partial charge in [0.05, 0.1) is 6.10 Å². The van der Waals surface area contributed by atoms with Crippen LogP contribution in [0.3, 0.4) is 0 Å². The lowest BCUT2D eigenvalue weighted by atomic mass is 9.80. The second kappa shape index (κ2) is 4.27. The average molecular weight is 248 g/mol. The Morgan fingerprint density at radius 3 is 2.28 bits per heavy atom. The predicted octanol–water partition coefficient (Wildman–Crippen LogP) is 4.44. The van der Waals surface area contributed by atoms with Gasteiger partial charge in [-0.2, -0.15) is 0 Å². The van der Waals surface area contributed by atoms with E-state index in [9.17, 15) is 0 Å².